The number of hydrogen-bond donors (Lipinski definition) is 0. The van der Waals surface area contributed by atoms with Crippen LogP contribution >= 0.6 is 0 Å². The van der Waals surface area contributed by atoms with Gasteiger partial charge in [-0.25, -0.2) is 43.0 Å². The minimum atomic E-state index is -2.06. The van der Waals surface area contributed by atoms with Crippen LogP contribution in [0.15, 0.2) is 61.3 Å². The van der Waals surface area contributed by atoms with Crippen LogP contribution in [0.4, 0.5) is 14.4 Å². The van der Waals surface area contributed by atoms with Gasteiger partial charge in [-0.2, -0.15) is 0 Å². The predicted octanol–water partition coefficient (Wildman–Crippen LogP) is 6.94. The highest BCUT2D eigenvalue weighted by molar-refractivity contribution is 5.92. The van der Waals surface area contributed by atoms with E-state index in [0.717, 1.165) is 9.13 Å². The van der Waals surface area contributed by atoms with Crippen molar-refractivity contribution in [2.45, 2.75) is 213 Å². The molecule has 0 aliphatic carbocycles. The van der Waals surface area contributed by atoms with E-state index in [1.54, 1.807) is 48.5 Å². The number of esters is 2. The Hall–Kier alpha value is -6.24. The summed E-state index contributed by atoms with van der Waals surface area (Å²) >= 11 is 0. The van der Waals surface area contributed by atoms with Crippen molar-refractivity contribution < 1.29 is 95.2 Å². The second kappa shape index (κ2) is 31.9. The molecule has 3 aromatic rings. The number of carbonyl (C=O) groups excluding carboxylic acids is 6. The average molecular weight is 1270 g/mol. The Morgan fingerprint density at radius 3 is 1.88 bits per heavy atom. The van der Waals surface area contributed by atoms with E-state index in [2.05, 4.69) is 31.9 Å². The van der Waals surface area contributed by atoms with Gasteiger partial charge in [0.1, 0.15) is 56.2 Å². The first-order chi connectivity index (χ1) is 42.7. The molecule has 22 atom stereocenters. The van der Waals surface area contributed by atoms with Gasteiger partial charge in [0.15, 0.2) is 36.2 Å². The normalized spacial score (nSPS) is 36.0. The van der Waals surface area contributed by atoms with E-state index in [9.17, 15) is 19.2 Å². The Bertz CT molecular complexity index is 2820. The van der Waals surface area contributed by atoms with Crippen molar-refractivity contribution in [3.63, 3.8) is 0 Å². The average Bonchev–Trinajstić information content (AvgIpc) is 1.46. The quantitative estimate of drug-likeness (QED) is 0.0750. The number of nitrogens with zero attached hydrogens (tertiary/aromatic N) is 8. The number of carbonyl (C=O) groups is 6. The smallest absolute Gasteiger partial charge is 0.420 e. The first-order valence-corrected chi connectivity index (χ1v) is 31.0. The molecule has 7 heterocycles. The fourth-order valence-corrected chi connectivity index (χ4v) is 12.7. The van der Waals surface area contributed by atoms with E-state index in [1.165, 1.54) is 89.0 Å². The van der Waals surface area contributed by atoms with Gasteiger partial charge >= 0.3 is 30.2 Å². The van der Waals surface area contributed by atoms with Crippen LogP contribution in [0.1, 0.15) is 116 Å². The summed E-state index contributed by atoms with van der Waals surface area (Å²) in [5.41, 5.74) is -1.78. The molecule has 502 valence electrons. The van der Waals surface area contributed by atoms with Crippen LogP contribution in [-0.4, -0.2) is 214 Å². The predicted molar refractivity (Wildman–Crippen MR) is 318 cm³/mol. The second-order valence-electron chi connectivity index (χ2n) is 25.3. The molecule has 0 radical (unpaired) electrons. The van der Waals surface area contributed by atoms with E-state index >= 15 is 9.59 Å². The third-order valence-corrected chi connectivity index (χ3v) is 17.5. The summed E-state index contributed by atoms with van der Waals surface area (Å²) in [5, 5.41) is 4.28. The summed E-state index contributed by atoms with van der Waals surface area (Å²) in [4.78, 5) is 107. The molecular weight excluding hydrogens is 1180 g/mol. The molecule has 7 rings (SSSR count). The highest BCUT2D eigenvalue weighted by Crippen LogP contribution is 2.41. The molecule has 3 aromatic heterocycles. The van der Waals surface area contributed by atoms with Gasteiger partial charge in [-0.3, -0.25) is 14.4 Å². The van der Waals surface area contributed by atoms with Crippen molar-refractivity contribution in [3.05, 3.63) is 56.2 Å². The molecule has 0 bridgehead atoms. The van der Waals surface area contributed by atoms with Crippen LogP contribution in [0, 0.1) is 41.4 Å². The van der Waals surface area contributed by atoms with Gasteiger partial charge in [-0.1, -0.05) is 53.6 Å². The first-order valence-electron chi connectivity index (χ1n) is 31.0. The molecule has 4 aliphatic heterocycles. The number of ether oxygens (including phenoxy) is 13. The molecule has 4 fully saturated rings. The summed E-state index contributed by atoms with van der Waals surface area (Å²) in [5.74, 6) is -8.12. The molecule has 0 spiro atoms. The van der Waals surface area contributed by atoms with Crippen molar-refractivity contribution in [2.75, 3.05) is 41.5 Å². The summed E-state index contributed by atoms with van der Waals surface area (Å²) < 4.78 is 87.5. The van der Waals surface area contributed by atoms with Gasteiger partial charge in [0, 0.05) is 101 Å². The van der Waals surface area contributed by atoms with Crippen LogP contribution in [0.5, 0.6) is 0 Å². The largest absolute Gasteiger partial charge is 0.461 e. The highest BCUT2D eigenvalue weighted by Gasteiger charge is 2.54. The molecule has 28 nitrogen and oxygen atoms in total. The van der Waals surface area contributed by atoms with Gasteiger partial charge in [-0.15, -0.1) is 0 Å². The topological polar surface area (TPSA) is 301 Å². The number of cyclic esters (lactones) is 1. The van der Waals surface area contributed by atoms with Gasteiger partial charge in [-0.05, 0) is 66.8 Å². The molecule has 28 heteroatoms. The number of imidazole rings is 3. The highest BCUT2D eigenvalue weighted by atomic mass is 16.7. The molecule has 0 amide bonds. The Morgan fingerprint density at radius 2 is 1.30 bits per heavy atom. The number of methoxy groups -OCH3 is 2. The van der Waals surface area contributed by atoms with E-state index < -0.39 is 157 Å². The van der Waals surface area contributed by atoms with E-state index in [1.807, 2.05) is 34.7 Å². The summed E-state index contributed by atoms with van der Waals surface area (Å²) in [6.45, 7) is 23.4. The lowest BCUT2D eigenvalue weighted by Crippen LogP contribution is -2.60. The van der Waals surface area contributed by atoms with Crippen molar-refractivity contribution in [2.24, 2.45) is 46.6 Å². The molecule has 0 aromatic carbocycles. The standard InChI is InChI=1S/C62H94N8O20/c1-33(2)24-45(71)84-49-40(9)48(35(4)29-80-57-54(78-16)53(77-15)51(43(12)83-57)88-59(74)68-21-18-63-30-68)86-56(73)42(11)50(85-46-25-36(5)67(14)28-38(7)81-46)39(8)47(34(3)27-62(13,55(72)41(49)10)90-61(76)70-23-20-65-32-70)87-58-52(44(66-79-17)26-37(6)82-58)89-60(75)69-22-19-64-31-69/h18-23,30-43,46-54,57-58H,24-29H2,1-17H3/t34-,35-,36+,37+,38-,39+,40-,41+,42+,43+,46-,47-,48+,49+,50-,51+,52+,53+,54+,57+,58-,62-/m0/s1. The maximum atomic E-state index is 16.1. The molecule has 0 unspecified atom stereocenters. The third kappa shape index (κ3) is 17.5. The van der Waals surface area contributed by atoms with Crippen molar-refractivity contribution in [1.82, 2.24) is 33.6 Å². The Kier molecular flexibility index (Phi) is 25.2. The van der Waals surface area contributed by atoms with Crippen molar-refractivity contribution in [3.8, 4) is 0 Å². The zero-order valence-corrected chi connectivity index (χ0v) is 54.9. The Morgan fingerprint density at radius 1 is 0.689 bits per heavy atom. The molecule has 0 N–H and O–H groups in total. The zero-order valence-electron chi connectivity index (χ0n) is 54.9. The Balaban J connectivity index is 1.35. The number of Topliss-reactive ketones (excluding diaryl/α,β-unsaturated/α-hetero) is 1. The van der Waals surface area contributed by atoms with Crippen LogP contribution < -0.4 is 0 Å². The lowest BCUT2D eigenvalue weighted by molar-refractivity contribution is -0.304. The number of rotatable bonds is 17. The zero-order chi connectivity index (χ0) is 65.9. The van der Waals surface area contributed by atoms with Crippen LogP contribution in [0.3, 0.4) is 0 Å². The lowest BCUT2D eigenvalue weighted by atomic mass is 9.74. The van der Waals surface area contributed by atoms with E-state index in [0.29, 0.717) is 13.0 Å². The SMILES string of the molecule is CON=C1C[C@@H](C)O[C@@H](O[C@@H]2[C@@H](C)[C@H](O[C@H]3C[C@@H](C)N(C)C[C@H](C)O3)[C@@H](C)C(=O)O[C@H]([C@@H](C)CO[C@@H]3O[C@H](C)[C@@H](OC(=O)n4ccnc4)[C@@H](OC)[C@H]3OC)[C@H](C)[C@@H](OC(=O)CC(C)C)[C@@H](C)C(=O)[C@@](C)(OC(=O)n3ccnc3)C[C@@H]2C)[C@@H]1OC(=O)n1ccnc1. The molecule has 4 aliphatic rings. The molecular formula is C62H94N8O20. The van der Waals surface area contributed by atoms with Crippen molar-refractivity contribution in [1.29, 1.82) is 0 Å². The number of aromatic nitrogens is 6. The maximum absolute atomic E-state index is 16.1. The number of oxime groups is 1. The van der Waals surface area contributed by atoms with Gasteiger partial charge in [0.05, 0.1) is 49.0 Å². The summed E-state index contributed by atoms with van der Waals surface area (Å²) in [6, 6.07) is -0.0416. The maximum Gasteiger partial charge on any atom is 0.420 e. The van der Waals surface area contributed by atoms with Crippen LogP contribution in [0.25, 0.3) is 0 Å². The van der Waals surface area contributed by atoms with E-state index in [-0.39, 0.29) is 49.6 Å². The fraction of sp³-hybridized carbons (Fsp3) is 0.742. The molecule has 0 saturated carbocycles. The van der Waals surface area contributed by atoms with Gasteiger partial charge in [0.25, 0.3) is 0 Å². The van der Waals surface area contributed by atoms with E-state index in [4.69, 9.17) is 66.4 Å². The van der Waals surface area contributed by atoms with Crippen LogP contribution in [-0.2, 0) is 80.8 Å². The number of hydrogen-bond acceptors (Lipinski definition) is 25. The Labute approximate surface area is 526 Å². The first kappa shape index (κ1) is 71.2. The monoisotopic (exact) mass is 1270 g/mol. The third-order valence-electron chi connectivity index (χ3n) is 17.5. The van der Waals surface area contributed by atoms with Crippen LogP contribution in [0.2, 0.25) is 0 Å². The minimum absolute atomic E-state index is 0.0351. The summed E-state index contributed by atoms with van der Waals surface area (Å²) in [7, 11) is 6.23. The number of likely N-dealkylation sites (N-methyl/N-ethyl adjacent to an activating group) is 1. The van der Waals surface area contributed by atoms with Gasteiger partial charge < -0.3 is 71.3 Å². The number of ketones is 1. The summed E-state index contributed by atoms with van der Waals surface area (Å²) in [6.07, 6.45) is -4.09. The fourth-order valence-electron chi connectivity index (χ4n) is 12.7. The second-order valence-corrected chi connectivity index (χ2v) is 25.3. The lowest BCUT2D eigenvalue weighted by Gasteiger charge is -2.45. The van der Waals surface area contributed by atoms with Gasteiger partial charge in [0.2, 0.25) is 6.29 Å². The molecule has 90 heavy (non-hydrogen) atoms. The minimum Gasteiger partial charge on any atom is -0.461 e. The van der Waals surface area contributed by atoms with Crippen molar-refractivity contribution >= 4 is 41.7 Å². The molecule has 4 saturated heterocycles.